The van der Waals surface area contributed by atoms with Crippen molar-refractivity contribution in [2.24, 2.45) is 0 Å². The van der Waals surface area contributed by atoms with Gasteiger partial charge in [-0.1, -0.05) is 0 Å². The maximum Gasteiger partial charge on any atom is 0.322 e. The third kappa shape index (κ3) is 5.08. The van der Waals surface area contributed by atoms with E-state index in [0.717, 1.165) is 13.0 Å². The molecule has 0 saturated carbocycles. The Balaban J connectivity index is 2.46. The van der Waals surface area contributed by atoms with Crippen LogP contribution in [-0.2, 0) is 0 Å². The van der Waals surface area contributed by atoms with Gasteiger partial charge in [0.15, 0.2) is 0 Å². The van der Waals surface area contributed by atoms with Gasteiger partial charge in [0.05, 0.1) is 7.11 Å². The van der Waals surface area contributed by atoms with Gasteiger partial charge in [0.1, 0.15) is 0 Å². The van der Waals surface area contributed by atoms with Gasteiger partial charge in [0, 0.05) is 13.6 Å². The number of hydrogen-bond acceptors (Lipinski definition) is 7. The Morgan fingerprint density at radius 1 is 1.18 bits per heavy atom. The number of ether oxygens (including phenoxy) is 1. The smallest absolute Gasteiger partial charge is 0.322 e. The number of anilines is 2. The van der Waals surface area contributed by atoms with Crippen molar-refractivity contribution in [2.45, 2.75) is 12.8 Å². The largest absolute Gasteiger partial charge is 0.467 e. The van der Waals surface area contributed by atoms with Crippen LogP contribution in [0.3, 0.4) is 0 Å². The molecule has 1 aromatic rings. The predicted octanol–water partition coefficient (Wildman–Crippen LogP) is 1.48. The molecule has 0 spiro atoms. The lowest BCUT2D eigenvalue weighted by Gasteiger charge is -2.07. The van der Waals surface area contributed by atoms with Crippen molar-refractivity contribution in [1.82, 2.24) is 15.0 Å². The first-order valence-electron chi connectivity index (χ1n) is 5.50. The minimum Gasteiger partial charge on any atom is -0.467 e. The van der Waals surface area contributed by atoms with Gasteiger partial charge in [0.25, 0.3) is 0 Å². The third-order valence-electron chi connectivity index (χ3n) is 2.08. The molecule has 0 bridgehead atoms. The fraction of sp³-hybridized carbons (Fsp3) is 0.700. The fourth-order valence-corrected chi connectivity index (χ4v) is 1.70. The first-order chi connectivity index (χ1) is 8.30. The molecule has 0 aromatic carbocycles. The van der Waals surface area contributed by atoms with E-state index in [1.54, 1.807) is 7.05 Å². The summed E-state index contributed by atoms with van der Waals surface area (Å²) >= 11 is 1.86. The number of unbranched alkanes of at least 4 members (excludes halogenated alkanes) is 1. The van der Waals surface area contributed by atoms with Crippen LogP contribution in [0.1, 0.15) is 12.8 Å². The molecule has 1 rings (SSSR count). The number of nitrogens with one attached hydrogen (secondary N) is 2. The lowest BCUT2D eigenvalue weighted by molar-refractivity contribution is 0.379. The number of methoxy groups -OCH3 is 1. The number of aromatic nitrogens is 3. The Morgan fingerprint density at radius 3 is 2.59 bits per heavy atom. The van der Waals surface area contributed by atoms with Crippen LogP contribution in [0.15, 0.2) is 0 Å². The van der Waals surface area contributed by atoms with E-state index < -0.39 is 0 Å². The lowest BCUT2D eigenvalue weighted by atomic mass is 10.3. The number of nitrogens with zero attached hydrogens (tertiary/aromatic N) is 3. The molecule has 0 amide bonds. The zero-order chi connectivity index (χ0) is 12.5. The first-order valence-corrected chi connectivity index (χ1v) is 6.90. The van der Waals surface area contributed by atoms with E-state index in [2.05, 4.69) is 31.8 Å². The second kappa shape index (κ2) is 7.94. The third-order valence-corrected chi connectivity index (χ3v) is 2.78. The van der Waals surface area contributed by atoms with Crippen molar-refractivity contribution in [3.05, 3.63) is 0 Å². The Hall–Kier alpha value is -1.24. The van der Waals surface area contributed by atoms with Crippen molar-refractivity contribution in [1.29, 1.82) is 0 Å². The predicted molar refractivity (Wildman–Crippen MR) is 72.0 cm³/mol. The maximum absolute atomic E-state index is 5.00. The molecule has 0 saturated heterocycles. The summed E-state index contributed by atoms with van der Waals surface area (Å²) in [6, 6.07) is 0.316. The highest BCUT2D eigenvalue weighted by Gasteiger charge is 2.04. The van der Waals surface area contributed by atoms with Gasteiger partial charge in [-0.25, -0.2) is 0 Å². The molecule has 96 valence electrons. The van der Waals surface area contributed by atoms with Crippen LogP contribution in [-0.4, -0.2) is 47.7 Å². The SMILES string of the molecule is CNc1nc(NCCCCSC)nc(OC)n1. The second-order valence-corrected chi connectivity index (χ2v) is 4.33. The van der Waals surface area contributed by atoms with Gasteiger partial charge < -0.3 is 15.4 Å². The molecule has 17 heavy (non-hydrogen) atoms. The van der Waals surface area contributed by atoms with Crippen LogP contribution in [0.2, 0.25) is 0 Å². The molecule has 0 unspecified atom stereocenters. The molecule has 0 atom stereocenters. The van der Waals surface area contributed by atoms with E-state index in [9.17, 15) is 0 Å². The molecule has 2 N–H and O–H groups in total. The minimum absolute atomic E-state index is 0.316. The molecular weight excluding hydrogens is 238 g/mol. The zero-order valence-electron chi connectivity index (χ0n) is 10.5. The molecule has 0 aliphatic carbocycles. The van der Waals surface area contributed by atoms with E-state index in [4.69, 9.17) is 4.74 Å². The summed E-state index contributed by atoms with van der Waals surface area (Å²) < 4.78 is 5.00. The molecule has 0 aliphatic rings. The van der Waals surface area contributed by atoms with Gasteiger partial charge in [-0.15, -0.1) is 0 Å². The second-order valence-electron chi connectivity index (χ2n) is 3.35. The number of thioether (sulfide) groups is 1. The van der Waals surface area contributed by atoms with Crippen molar-refractivity contribution >= 4 is 23.7 Å². The van der Waals surface area contributed by atoms with Gasteiger partial charge in [-0.05, 0) is 24.9 Å². The quantitative estimate of drug-likeness (QED) is 0.683. The van der Waals surface area contributed by atoms with E-state index in [1.165, 1.54) is 19.3 Å². The van der Waals surface area contributed by atoms with Crippen molar-refractivity contribution in [3.63, 3.8) is 0 Å². The monoisotopic (exact) mass is 257 g/mol. The van der Waals surface area contributed by atoms with E-state index in [0.29, 0.717) is 17.9 Å². The van der Waals surface area contributed by atoms with Gasteiger partial charge >= 0.3 is 6.01 Å². The summed E-state index contributed by atoms with van der Waals surface area (Å²) in [4.78, 5) is 12.3. The summed E-state index contributed by atoms with van der Waals surface area (Å²) in [5, 5.41) is 6.03. The Morgan fingerprint density at radius 2 is 1.94 bits per heavy atom. The highest BCUT2D eigenvalue weighted by Crippen LogP contribution is 2.10. The van der Waals surface area contributed by atoms with Crippen LogP contribution < -0.4 is 15.4 Å². The summed E-state index contributed by atoms with van der Waals surface area (Å²) in [5.74, 6) is 2.23. The Labute approximate surface area is 106 Å². The van der Waals surface area contributed by atoms with Crippen molar-refractivity contribution in [3.8, 4) is 6.01 Å². The van der Waals surface area contributed by atoms with E-state index in [1.807, 2.05) is 11.8 Å². The molecular formula is C10H19N5OS. The standard InChI is InChI=1S/C10H19N5OS/c1-11-8-13-9(15-10(14-8)16-2)12-6-4-5-7-17-3/h4-7H2,1-3H3,(H2,11,12,13,14,15). The van der Waals surface area contributed by atoms with Gasteiger partial charge in [-0.2, -0.15) is 26.7 Å². The zero-order valence-corrected chi connectivity index (χ0v) is 11.3. The summed E-state index contributed by atoms with van der Waals surface area (Å²) in [5.41, 5.74) is 0. The highest BCUT2D eigenvalue weighted by atomic mass is 32.2. The molecule has 6 nitrogen and oxygen atoms in total. The first kappa shape index (κ1) is 13.8. The average molecular weight is 257 g/mol. The maximum atomic E-state index is 5.00. The molecule has 1 heterocycles. The van der Waals surface area contributed by atoms with Crippen molar-refractivity contribution in [2.75, 3.05) is 43.3 Å². The van der Waals surface area contributed by atoms with E-state index in [-0.39, 0.29) is 0 Å². The van der Waals surface area contributed by atoms with Crippen molar-refractivity contribution < 1.29 is 4.74 Å². The molecule has 0 radical (unpaired) electrons. The summed E-state index contributed by atoms with van der Waals surface area (Å²) in [6.45, 7) is 0.858. The molecule has 0 fully saturated rings. The minimum atomic E-state index is 0.316. The number of hydrogen-bond donors (Lipinski definition) is 2. The van der Waals surface area contributed by atoms with Crippen LogP contribution in [0.5, 0.6) is 6.01 Å². The Bertz CT molecular complexity index is 314. The van der Waals surface area contributed by atoms with Crippen LogP contribution in [0.4, 0.5) is 11.9 Å². The highest BCUT2D eigenvalue weighted by molar-refractivity contribution is 7.98. The molecule has 1 aromatic heterocycles. The van der Waals surface area contributed by atoms with Crippen LogP contribution >= 0.6 is 11.8 Å². The van der Waals surface area contributed by atoms with E-state index >= 15 is 0 Å². The number of rotatable bonds is 8. The lowest BCUT2D eigenvalue weighted by Crippen LogP contribution is -2.09. The van der Waals surface area contributed by atoms with Gasteiger partial charge in [0.2, 0.25) is 11.9 Å². The topological polar surface area (TPSA) is 72.0 Å². The van der Waals surface area contributed by atoms with Crippen LogP contribution in [0.25, 0.3) is 0 Å². The van der Waals surface area contributed by atoms with Crippen LogP contribution in [0, 0.1) is 0 Å². The fourth-order valence-electron chi connectivity index (χ4n) is 1.21. The molecule has 7 heteroatoms. The summed E-state index contributed by atoms with van der Waals surface area (Å²) in [6.07, 6.45) is 4.41. The average Bonchev–Trinajstić information content (AvgIpc) is 2.38. The normalized spacial score (nSPS) is 10.1. The molecule has 0 aliphatic heterocycles. The summed E-state index contributed by atoms with van der Waals surface area (Å²) in [7, 11) is 3.30. The Kier molecular flexibility index (Phi) is 6.46. The van der Waals surface area contributed by atoms with Gasteiger partial charge in [-0.3, -0.25) is 0 Å².